The Hall–Kier alpha value is -1.10. The van der Waals surface area contributed by atoms with Crippen LogP contribution in [0.5, 0.6) is 0 Å². The van der Waals surface area contributed by atoms with E-state index in [-0.39, 0.29) is 5.91 Å². The number of carboxylic acids is 1. The predicted octanol–water partition coefficient (Wildman–Crippen LogP) is 0.877. The van der Waals surface area contributed by atoms with Gasteiger partial charge < -0.3 is 14.7 Å². The van der Waals surface area contributed by atoms with Gasteiger partial charge in [-0.1, -0.05) is 0 Å². The van der Waals surface area contributed by atoms with E-state index in [2.05, 4.69) is 0 Å². The third-order valence-electron chi connectivity index (χ3n) is 2.84. The summed E-state index contributed by atoms with van der Waals surface area (Å²) in [5.74, 6) is -1.13. The van der Waals surface area contributed by atoms with Crippen molar-refractivity contribution in [3.8, 4) is 0 Å². The monoisotopic (exact) mass is 229 g/mol. The molecule has 1 heterocycles. The summed E-state index contributed by atoms with van der Waals surface area (Å²) < 4.78 is 5.20. The Balaban J connectivity index is 2.67. The highest BCUT2D eigenvalue weighted by molar-refractivity contribution is 5.86. The van der Waals surface area contributed by atoms with Crippen molar-refractivity contribution in [3.05, 3.63) is 0 Å². The molecule has 0 bridgehead atoms. The van der Waals surface area contributed by atoms with Crippen molar-refractivity contribution in [1.29, 1.82) is 0 Å². The fourth-order valence-electron chi connectivity index (χ4n) is 2.01. The SMILES string of the molecule is CCOC(C)C(=O)N1CCCCC1C(=O)O. The van der Waals surface area contributed by atoms with Crippen molar-refractivity contribution in [2.24, 2.45) is 0 Å². The maximum Gasteiger partial charge on any atom is 0.326 e. The lowest BCUT2D eigenvalue weighted by atomic mass is 10.0. The molecule has 92 valence electrons. The molecule has 0 aliphatic carbocycles. The minimum absolute atomic E-state index is 0.214. The number of aliphatic carboxylic acids is 1. The zero-order chi connectivity index (χ0) is 12.1. The molecule has 1 N–H and O–H groups in total. The Morgan fingerprint density at radius 3 is 2.75 bits per heavy atom. The molecule has 0 aromatic heterocycles. The molecule has 2 unspecified atom stereocenters. The summed E-state index contributed by atoms with van der Waals surface area (Å²) in [6, 6.07) is -0.677. The number of carboxylic acid groups (broad SMARTS) is 1. The smallest absolute Gasteiger partial charge is 0.326 e. The molecule has 5 heteroatoms. The number of nitrogens with zero attached hydrogens (tertiary/aromatic N) is 1. The fraction of sp³-hybridized carbons (Fsp3) is 0.818. The number of amides is 1. The van der Waals surface area contributed by atoms with Gasteiger partial charge in [0, 0.05) is 13.2 Å². The standard InChI is InChI=1S/C11H19NO4/c1-3-16-8(2)10(13)12-7-5-4-6-9(12)11(14)15/h8-9H,3-7H2,1-2H3,(H,14,15). The van der Waals surface area contributed by atoms with E-state index in [4.69, 9.17) is 9.84 Å². The quantitative estimate of drug-likeness (QED) is 0.777. The minimum Gasteiger partial charge on any atom is -0.480 e. The lowest BCUT2D eigenvalue weighted by Gasteiger charge is -2.34. The lowest BCUT2D eigenvalue weighted by molar-refractivity contribution is -0.157. The summed E-state index contributed by atoms with van der Waals surface area (Å²) in [7, 11) is 0. The van der Waals surface area contributed by atoms with Gasteiger partial charge in [0.25, 0.3) is 5.91 Å². The first-order valence-corrected chi connectivity index (χ1v) is 5.72. The number of carbonyl (C=O) groups is 2. The second kappa shape index (κ2) is 5.84. The first-order chi connectivity index (χ1) is 7.57. The van der Waals surface area contributed by atoms with Crippen LogP contribution in [0.2, 0.25) is 0 Å². The summed E-state index contributed by atoms with van der Waals surface area (Å²) in [6.07, 6.45) is 1.72. The van der Waals surface area contributed by atoms with Gasteiger partial charge in [-0.05, 0) is 33.1 Å². The zero-order valence-electron chi connectivity index (χ0n) is 9.81. The van der Waals surface area contributed by atoms with Gasteiger partial charge in [-0.2, -0.15) is 0 Å². The summed E-state index contributed by atoms with van der Waals surface area (Å²) in [6.45, 7) is 4.46. The number of hydrogen-bond acceptors (Lipinski definition) is 3. The highest BCUT2D eigenvalue weighted by Gasteiger charge is 2.34. The van der Waals surface area contributed by atoms with Crippen molar-refractivity contribution in [1.82, 2.24) is 4.90 Å². The summed E-state index contributed by atoms with van der Waals surface area (Å²) in [5.41, 5.74) is 0. The van der Waals surface area contributed by atoms with Crippen LogP contribution in [0.3, 0.4) is 0 Å². The molecule has 1 fully saturated rings. The van der Waals surface area contributed by atoms with E-state index in [1.807, 2.05) is 6.92 Å². The van der Waals surface area contributed by atoms with Crippen LogP contribution in [-0.2, 0) is 14.3 Å². The molecule has 0 spiro atoms. The van der Waals surface area contributed by atoms with Crippen LogP contribution in [0.4, 0.5) is 0 Å². The van der Waals surface area contributed by atoms with Gasteiger partial charge in [0.15, 0.2) is 0 Å². The average Bonchev–Trinajstić information content (AvgIpc) is 2.28. The van der Waals surface area contributed by atoms with Crippen molar-refractivity contribution in [3.63, 3.8) is 0 Å². The molecule has 0 aromatic carbocycles. The van der Waals surface area contributed by atoms with E-state index >= 15 is 0 Å². The Bertz CT molecular complexity index is 267. The molecule has 0 radical (unpaired) electrons. The Kier molecular flexibility index (Phi) is 4.73. The molecule has 1 amide bonds. The number of carbonyl (C=O) groups excluding carboxylic acids is 1. The van der Waals surface area contributed by atoms with E-state index in [1.54, 1.807) is 6.92 Å². The Morgan fingerprint density at radius 2 is 2.19 bits per heavy atom. The molecule has 1 aliphatic rings. The van der Waals surface area contributed by atoms with Crippen LogP contribution in [-0.4, -0.2) is 47.2 Å². The molecule has 16 heavy (non-hydrogen) atoms. The number of likely N-dealkylation sites (tertiary alicyclic amines) is 1. The average molecular weight is 229 g/mol. The van der Waals surface area contributed by atoms with Crippen molar-refractivity contribution in [2.75, 3.05) is 13.2 Å². The topological polar surface area (TPSA) is 66.8 Å². The highest BCUT2D eigenvalue weighted by atomic mass is 16.5. The minimum atomic E-state index is -0.920. The first-order valence-electron chi connectivity index (χ1n) is 5.72. The first kappa shape index (κ1) is 13.0. The van der Waals surface area contributed by atoms with Gasteiger partial charge in [-0.15, -0.1) is 0 Å². The maximum absolute atomic E-state index is 11.9. The van der Waals surface area contributed by atoms with Crippen molar-refractivity contribution in [2.45, 2.75) is 45.3 Å². The summed E-state index contributed by atoms with van der Waals surface area (Å²) >= 11 is 0. The van der Waals surface area contributed by atoms with E-state index in [0.717, 1.165) is 12.8 Å². The number of rotatable bonds is 4. The van der Waals surface area contributed by atoms with Gasteiger partial charge in [0.1, 0.15) is 12.1 Å². The normalized spacial score (nSPS) is 22.9. The summed E-state index contributed by atoms with van der Waals surface area (Å²) in [5, 5.41) is 9.03. The lowest BCUT2D eigenvalue weighted by Crippen LogP contribution is -2.51. The van der Waals surface area contributed by atoms with Gasteiger partial charge >= 0.3 is 5.97 Å². The van der Waals surface area contributed by atoms with Crippen molar-refractivity contribution >= 4 is 11.9 Å². The predicted molar refractivity (Wildman–Crippen MR) is 58.1 cm³/mol. The van der Waals surface area contributed by atoms with E-state index < -0.39 is 18.1 Å². The molecule has 1 aliphatic heterocycles. The van der Waals surface area contributed by atoms with E-state index in [9.17, 15) is 9.59 Å². The molecule has 1 rings (SSSR count). The molecule has 0 saturated carbocycles. The van der Waals surface area contributed by atoms with E-state index in [0.29, 0.717) is 19.6 Å². The largest absolute Gasteiger partial charge is 0.480 e. The molecule has 0 aromatic rings. The second-order valence-electron chi connectivity index (χ2n) is 3.98. The maximum atomic E-state index is 11.9. The van der Waals surface area contributed by atoms with Crippen LogP contribution in [0.1, 0.15) is 33.1 Å². The van der Waals surface area contributed by atoms with Gasteiger partial charge in [-0.25, -0.2) is 4.79 Å². The number of ether oxygens (including phenoxy) is 1. The molecular weight excluding hydrogens is 210 g/mol. The zero-order valence-corrected chi connectivity index (χ0v) is 9.81. The Labute approximate surface area is 95.4 Å². The third kappa shape index (κ3) is 2.95. The van der Waals surface area contributed by atoms with Crippen LogP contribution >= 0.6 is 0 Å². The van der Waals surface area contributed by atoms with Crippen LogP contribution in [0.25, 0.3) is 0 Å². The van der Waals surface area contributed by atoms with E-state index in [1.165, 1.54) is 4.90 Å². The molecule has 1 saturated heterocycles. The molecular formula is C11H19NO4. The van der Waals surface area contributed by atoms with Crippen LogP contribution < -0.4 is 0 Å². The number of hydrogen-bond donors (Lipinski definition) is 1. The second-order valence-corrected chi connectivity index (χ2v) is 3.98. The number of piperidine rings is 1. The van der Waals surface area contributed by atoms with Gasteiger partial charge in [-0.3, -0.25) is 4.79 Å². The van der Waals surface area contributed by atoms with Crippen molar-refractivity contribution < 1.29 is 19.4 Å². The van der Waals surface area contributed by atoms with Crippen LogP contribution in [0.15, 0.2) is 0 Å². The third-order valence-corrected chi connectivity index (χ3v) is 2.84. The van der Waals surface area contributed by atoms with Gasteiger partial charge in [0.2, 0.25) is 0 Å². The van der Waals surface area contributed by atoms with Crippen LogP contribution in [0, 0.1) is 0 Å². The highest BCUT2D eigenvalue weighted by Crippen LogP contribution is 2.18. The fourth-order valence-corrected chi connectivity index (χ4v) is 2.01. The van der Waals surface area contributed by atoms with Gasteiger partial charge in [0.05, 0.1) is 0 Å². The molecule has 5 nitrogen and oxygen atoms in total. The Morgan fingerprint density at radius 1 is 1.50 bits per heavy atom. The summed E-state index contributed by atoms with van der Waals surface area (Å²) in [4.78, 5) is 24.4. The molecule has 2 atom stereocenters.